The summed E-state index contributed by atoms with van der Waals surface area (Å²) in [6.07, 6.45) is 4.74. The third kappa shape index (κ3) is 7.19. The lowest BCUT2D eigenvalue weighted by atomic mass is 10.0. The number of nitrogens with one attached hydrogen (secondary N) is 2. The molecule has 2 amide bonds. The Morgan fingerprint density at radius 1 is 1.38 bits per heavy atom. The van der Waals surface area contributed by atoms with Crippen molar-refractivity contribution in [3.8, 4) is 0 Å². The number of benzene rings is 1. The van der Waals surface area contributed by atoms with E-state index in [9.17, 15) is 14.4 Å². The SMILES string of the molecule is CN(CCC[N+](C)(C)CC=CC1=C(C(=O)Cl)N2C(=O)[C@@H](NC(=O)CSc3nc4ccccc4s3)[C@H]2SC1)C(=N)N. The summed E-state index contributed by atoms with van der Waals surface area (Å²) < 4.78 is 2.56. The zero-order valence-electron chi connectivity index (χ0n) is 22.6. The van der Waals surface area contributed by atoms with Gasteiger partial charge in [0.1, 0.15) is 17.1 Å². The molecule has 2 aliphatic heterocycles. The molecule has 2 aromatic rings. The molecule has 40 heavy (non-hydrogen) atoms. The van der Waals surface area contributed by atoms with Gasteiger partial charge in [0, 0.05) is 25.8 Å². The Kier molecular flexibility index (Phi) is 9.83. The number of halogens is 1. The van der Waals surface area contributed by atoms with Crippen molar-refractivity contribution < 1.29 is 18.9 Å². The van der Waals surface area contributed by atoms with Gasteiger partial charge in [0.25, 0.3) is 11.1 Å². The first-order valence-corrected chi connectivity index (χ1v) is 15.9. The first-order valence-electron chi connectivity index (χ1n) is 12.7. The summed E-state index contributed by atoms with van der Waals surface area (Å²) in [7, 11) is 6.00. The van der Waals surface area contributed by atoms with Gasteiger partial charge in [-0.05, 0) is 35.4 Å². The molecule has 0 unspecified atom stereocenters. The number of hydrogen-bond acceptors (Lipinski definition) is 8. The Hall–Kier alpha value is -2.58. The van der Waals surface area contributed by atoms with Gasteiger partial charge in [-0.15, -0.1) is 23.1 Å². The van der Waals surface area contributed by atoms with Crippen molar-refractivity contribution in [1.82, 2.24) is 20.1 Å². The first-order chi connectivity index (χ1) is 19.0. The van der Waals surface area contributed by atoms with E-state index in [1.165, 1.54) is 39.8 Å². The number of rotatable bonds is 12. The molecular weight excluding hydrogens is 590 g/mol. The second-order valence-electron chi connectivity index (χ2n) is 10.2. The van der Waals surface area contributed by atoms with E-state index in [4.69, 9.17) is 22.7 Å². The Balaban J connectivity index is 1.32. The molecule has 4 N–H and O–H groups in total. The number of fused-ring (bicyclic) bond motifs is 2. The van der Waals surface area contributed by atoms with Crippen molar-refractivity contribution in [3.63, 3.8) is 0 Å². The molecule has 1 aromatic carbocycles. The molecule has 14 heteroatoms. The number of aromatic nitrogens is 1. The second kappa shape index (κ2) is 12.9. The quantitative estimate of drug-likeness (QED) is 0.0822. The van der Waals surface area contributed by atoms with Crippen LogP contribution in [-0.4, -0.2) is 106 Å². The number of quaternary nitrogens is 1. The van der Waals surface area contributed by atoms with Gasteiger partial charge in [-0.2, -0.15) is 0 Å². The first kappa shape index (κ1) is 30.4. The van der Waals surface area contributed by atoms with Crippen molar-refractivity contribution in [3.05, 3.63) is 47.7 Å². The van der Waals surface area contributed by atoms with Crippen molar-refractivity contribution in [2.24, 2.45) is 5.73 Å². The van der Waals surface area contributed by atoms with Crippen LogP contribution in [0.1, 0.15) is 6.42 Å². The number of amides is 2. The topological polar surface area (TPSA) is 132 Å². The number of thioether (sulfide) groups is 2. The lowest BCUT2D eigenvalue weighted by Gasteiger charge is -2.49. The maximum atomic E-state index is 13.0. The zero-order valence-corrected chi connectivity index (χ0v) is 25.8. The van der Waals surface area contributed by atoms with Crippen LogP contribution in [0.3, 0.4) is 0 Å². The molecule has 0 aliphatic carbocycles. The molecule has 214 valence electrons. The Bertz CT molecular complexity index is 1340. The van der Waals surface area contributed by atoms with E-state index in [0.717, 1.165) is 27.5 Å². The molecule has 4 rings (SSSR count). The summed E-state index contributed by atoms with van der Waals surface area (Å²) in [4.78, 5) is 45.7. The molecule has 2 aliphatic rings. The van der Waals surface area contributed by atoms with Crippen molar-refractivity contribution in [2.45, 2.75) is 22.2 Å². The van der Waals surface area contributed by atoms with Crippen molar-refractivity contribution in [2.75, 3.05) is 52.3 Å². The molecule has 0 spiro atoms. The van der Waals surface area contributed by atoms with E-state index < -0.39 is 11.3 Å². The number of β-lactam (4-membered cyclic amide) rings is 1. The minimum atomic E-state index is -0.700. The number of carbonyl (C=O) groups is 3. The molecule has 1 fully saturated rings. The van der Waals surface area contributed by atoms with Crippen LogP contribution in [0, 0.1) is 5.41 Å². The summed E-state index contributed by atoms with van der Waals surface area (Å²) in [6, 6.07) is 7.10. The molecule has 0 bridgehead atoms. The molecule has 0 radical (unpaired) electrons. The summed E-state index contributed by atoms with van der Waals surface area (Å²) in [5.74, 6) is 0.101. The molecule has 1 aromatic heterocycles. The molecule has 10 nitrogen and oxygen atoms in total. The molecule has 0 saturated carbocycles. The predicted molar refractivity (Wildman–Crippen MR) is 163 cm³/mol. The number of para-hydroxylation sites is 1. The van der Waals surface area contributed by atoms with E-state index in [2.05, 4.69) is 24.4 Å². The van der Waals surface area contributed by atoms with Crippen LogP contribution in [0.4, 0.5) is 0 Å². The average Bonchev–Trinajstić information content (AvgIpc) is 3.32. The molecular formula is C26H33ClN7O3S3+. The van der Waals surface area contributed by atoms with E-state index >= 15 is 0 Å². The summed E-state index contributed by atoms with van der Waals surface area (Å²) in [6.45, 7) is 2.29. The fourth-order valence-corrected chi connectivity index (χ4v) is 7.85. The number of nitrogens with zero attached hydrogens (tertiary/aromatic N) is 4. The van der Waals surface area contributed by atoms with Crippen LogP contribution in [0.5, 0.6) is 0 Å². The monoisotopic (exact) mass is 622 g/mol. The normalized spacial score (nSPS) is 19.1. The van der Waals surface area contributed by atoms with Gasteiger partial charge < -0.3 is 20.4 Å². The number of allylic oxidation sites excluding steroid dienone is 2. The highest BCUT2D eigenvalue weighted by atomic mass is 35.5. The smallest absolute Gasteiger partial charge is 0.269 e. The zero-order chi connectivity index (χ0) is 29.0. The standard InChI is InChI=1S/C26H32ClN7O3S3/c1-32(25(28)29)11-7-13-34(2,3)12-6-8-16-14-38-24-20(23(37)33(24)21(16)22(27)36)31-19(35)15-39-26-30-17-9-4-5-10-18(17)40-26/h4-6,8-10,20,24H,7,11-15H2,1-3H3,(H3-,28,29,31,35)/p+1/t20-,24-/m1/s1. The third-order valence-corrected chi connectivity index (χ3v) is 10.3. The van der Waals surface area contributed by atoms with Gasteiger partial charge in [-0.1, -0.05) is 30.0 Å². The number of likely N-dealkylation sites (N-methyl/N-ethyl adjacent to an activating group) is 1. The lowest BCUT2D eigenvalue weighted by Crippen LogP contribution is -2.70. The van der Waals surface area contributed by atoms with Crippen LogP contribution >= 0.6 is 46.5 Å². The molecule has 1 saturated heterocycles. The van der Waals surface area contributed by atoms with Gasteiger partial charge in [-0.3, -0.25) is 24.7 Å². The minimum absolute atomic E-state index is 0.0502. The Labute approximate surface area is 251 Å². The highest BCUT2D eigenvalue weighted by molar-refractivity contribution is 8.01. The summed E-state index contributed by atoms with van der Waals surface area (Å²) >= 11 is 10.3. The van der Waals surface area contributed by atoms with E-state index in [1.807, 2.05) is 36.4 Å². The number of hydrogen-bond donors (Lipinski definition) is 3. The maximum Gasteiger partial charge on any atom is 0.269 e. The van der Waals surface area contributed by atoms with Crippen LogP contribution in [0.2, 0.25) is 0 Å². The minimum Gasteiger partial charge on any atom is -0.370 e. The van der Waals surface area contributed by atoms with Crippen molar-refractivity contribution >= 4 is 79.7 Å². The number of nitrogens with two attached hydrogens (primary N) is 1. The van der Waals surface area contributed by atoms with E-state index in [1.54, 1.807) is 11.9 Å². The lowest BCUT2D eigenvalue weighted by molar-refractivity contribution is -0.884. The summed E-state index contributed by atoms with van der Waals surface area (Å²) in [5.41, 5.74) is 7.28. The predicted octanol–water partition coefficient (Wildman–Crippen LogP) is 2.66. The van der Waals surface area contributed by atoms with Crippen LogP contribution in [-0.2, 0) is 14.4 Å². The highest BCUT2D eigenvalue weighted by Crippen LogP contribution is 2.41. The van der Waals surface area contributed by atoms with Gasteiger partial charge in [0.05, 0.1) is 43.2 Å². The number of guanidine groups is 1. The number of thiazole rings is 1. The Morgan fingerprint density at radius 3 is 2.83 bits per heavy atom. The Morgan fingerprint density at radius 2 is 2.12 bits per heavy atom. The van der Waals surface area contributed by atoms with Gasteiger partial charge in [0.2, 0.25) is 5.91 Å². The molecule has 2 atom stereocenters. The maximum absolute atomic E-state index is 13.0. The second-order valence-corrected chi connectivity index (χ2v) is 13.9. The van der Waals surface area contributed by atoms with Crippen molar-refractivity contribution in [1.29, 1.82) is 5.41 Å². The van der Waals surface area contributed by atoms with Crippen LogP contribution in [0.25, 0.3) is 10.2 Å². The summed E-state index contributed by atoms with van der Waals surface area (Å²) in [5, 5.41) is 9.24. The fraction of sp³-hybridized carbons (Fsp3) is 0.423. The highest BCUT2D eigenvalue weighted by Gasteiger charge is 2.53. The van der Waals surface area contributed by atoms with Crippen LogP contribution < -0.4 is 11.1 Å². The van der Waals surface area contributed by atoms with Gasteiger partial charge in [0.15, 0.2) is 10.3 Å². The third-order valence-electron chi connectivity index (χ3n) is 6.69. The molecule has 3 heterocycles. The van der Waals surface area contributed by atoms with E-state index in [0.29, 0.717) is 28.9 Å². The van der Waals surface area contributed by atoms with Crippen LogP contribution in [0.15, 0.2) is 52.0 Å². The fourth-order valence-electron chi connectivity index (χ4n) is 4.43. The average molecular weight is 623 g/mol. The van der Waals surface area contributed by atoms with Gasteiger partial charge >= 0.3 is 0 Å². The van der Waals surface area contributed by atoms with E-state index in [-0.39, 0.29) is 34.6 Å². The largest absolute Gasteiger partial charge is 0.370 e. The van der Waals surface area contributed by atoms with Gasteiger partial charge in [-0.25, -0.2) is 4.98 Å². The number of carbonyl (C=O) groups excluding carboxylic acids is 3.